The molecule has 9 heteroatoms. The number of furan rings is 1. The van der Waals surface area contributed by atoms with Crippen LogP contribution in [0.4, 0.5) is 0 Å². The van der Waals surface area contributed by atoms with Crippen molar-refractivity contribution in [2.45, 2.75) is 104 Å². The van der Waals surface area contributed by atoms with Crippen LogP contribution in [0.1, 0.15) is 85.8 Å². The Bertz CT molecular complexity index is 1250. The van der Waals surface area contributed by atoms with Gasteiger partial charge in [-0.2, -0.15) is 0 Å². The molecule has 2 saturated heterocycles. The van der Waals surface area contributed by atoms with Gasteiger partial charge in [-0.3, -0.25) is 14.4 Å². The smallest absolute Gasteiger partial charge is 0.339 e. The summed E-state index contributed by atoms with van der Waals surface area (Å²) in [5.74, 6) is -1.72. The van der Waals surface area contributed by atoms with Crippen LogP contribution in [0.3, 0.4) is 0 Å². The van der Waals surface area contributed by atoms with Crippen LogP contribution in [0.5, 0.6) is 0 Å². The second kappa shape index (κ2) is 7.95. The number of carbonyl (C=O) groups excluding carboxylic acids is 4. The Hall–Kier alpha value is -2.68. The van der Waals surface area contributed by atoms with Crippen molar-refractivity contribution >= 4 is 23.7 Å². The van der Waals surface area contributed by atoms with Gasteiger partial charge in [0.05, 0.1) is 17.9 Å². The highest BCUT2D eigenvalue weighted by atomic mass is 16.7. The molecule has 0 amide bonds. The van der Waals surface area contributed by atoms with Gasteiger partial charge in [-0.1, -0.05) is 27.7 Å². The molecule has 0 aromatic carbocycles. The third-order valence-electron chi connectivity index (χ3n) is 11.7. The maximum Gasteiger partial charge on any atom is 0.339 e. The molecule has 1 aromatic rings. The molecule has 6 rings (SSSR count). The summed E-state index contributed by atoms with van der Waals surface area (Å²) in [6.07, 6.45) is 2.44. The maximum atomic E-state index is 14.6. The molecule has 2 aliphatic heterocycles. The molecule has 5 aliphatic rings. The molecule has 3 aliphatic carbocycles. The lowest BCUT2D eigenvalue weighted by atomic mass is 9.34. The van der Waals surface area contributed by atoms with Crippen LogP contribution in [0.2, 0.25) is 0 Å². The monoisotopic (exact) mass is 542 g/mol. The largest absolute Gasteiger partial charge is 0.472 e. The lowest BCUT2D eigenvalue weighted by molar-refractivity contribution is -0.259. The van der Waals surface area contributed by atoms with Gasteiger partial charge >= 0.3 is 17.9 Å². The van der Waals surface area contributed by atoms with Gasteiger partial charge in [0.1, 0.15) is 29.7 Å². The van der Waals surface area contributed by atoms with E-state index < -0.39 is 69.6 Å². The molecule has 212 valence electrons. The Balaban J connectivity index is 1.50. The van der Waals surface area contributed by atoms with E-state index in [0.29, 0.717) is 19.3 Å². The average molecular weight is 543 g/mol. The highest BCUT2D eigenvalue weighted by Crippen LogP contribution is 2.79. The number of esters is 3. The number of cyclic esters (lactones) is 1. The van der Waals surface area contributed by atoms with Gasteiger partial charge in [-0.25, -0.2) is 4.79 Å². The Morgan fingerprint density at radius 1 is 0.949 bits per heavy atom. The Kier molecular flexibility index (Phi) is 5.41. The molecule has 39 heavy (non-hydrogen) atoms. The van der Waals surface area contributed by atoms with Crippen molar-refractivity contribution in [3.63, 3.8) is 0 Å². The summed E-state index contributed by atoms with van der Waals surface area (Å²) in [5, 5.41) is 0. The van der Waals surface area contributed by atoms with E-state index in [0.717, 1.165) is 5.56 Å². The third kappa shape index (κ3) is 3.05. The molecule has 0 radical (unpaired) electrons. The Morgan fingerprint density at radius 2 is 1.62 bits per heavy atom. The first-order valence-corrected chi connectivity index (χ1v) is 13.9. The van der Waals surface area contributed by atoms with Crippen molar-refractivity contribution in [2.24, 2.45) is 33.5 Å². The minimum atomic E-state index is -1.05. The number of carbonyl (C=O) groups is 4. The lowest BCUT2D eigenvalue weighted by Crippen LogP contribution is -2.74. The number of epoxide rings is 1. The maximum absolute atomic E-state index is 14.6. The van der Waals surface area contributed by atoms with Gasteiger partial charge in [0.15, 0.2) is 6.10 Å². The van der Waals surface area contributed by atoms with Gasteiger partial charge in [0.2, 0.25) is 0 Å². The zero-order valence-electron chi connectivity index (χ0n) is 23.7. The molecule has 1 spiro atoms. The number of ketones is 1. The standard InChI is InChI=1S/C30H38O9/c1-15(31)36-21-13-22(37-16(2)32)28(6)18-8-10-27(5)23(17-9-11-35-14-17)38-25(34)24-30(27,39-24)29(18,7)20(33)12-19(28)26(21,3)4/h9,11,14,18-19,21-24H,8,10,12-13H2,1-7H3/t18-,19+,21-,22+,23-,24-,27+,28-,29+,30-/m1/s1. The molecule has 0 bridgehead atoms. The number of fused-ring (bicyclic) bond motifs is 3. The van der Waals surface area contributed by atoms with Crippen molar-refractivity contribution in [1.29, 1.82) is 0 Å². The highest BCUT2D eigenvalue weighted by Gasteiger charge is 2.89. The van der Waals surface area contributed by atoms with Crippen molar-refractivity contribution < 1.29 is 42.5 Å². The lowest BCUT2D eigenvalue weighted by Gasteiger charge is -2.69. The number of Topliss-reactive ketones (excluding diaryl/α,β-unsaturated/α-hetero) is 1. The minimum Gasteiger partial charge on any atom is -0.472 e. The molecule has 9 nitrogen and oxygen atoms in total. The van der Waals surface area contributed by atoms with Crippen molar-refractivity contribution in [3.05, 3.63) is 24.2 Å². The summed E-state index contributed by atoms with van der Waals surface area (Å²) < 4.78 is 29.5. The second-order valence-corrected chi connectivity index (χ2v) is 13.6. The molecule has 3 heterocycles. The van der Waals surface area contributed by atoms with Crippen molar-refractivity contribution in [3.8, 4) is 0 Å². The van der Waals surface area contributed by atoms with Crippen molar-refractivity contribution in [2.75, 3.05) is 0 Å². The summed E-state index contributed by atoms with van der Waals surface area (Å²) in [7, 11) is 0. The molecule has 1 aromatic heterocycles. The van der Waals surface area contributed by atoms with Crippen LogP contribution in [0.15, 0.2) is 23.0 Å². The predicted molar refractivity (Wildman–Crippen MR) is 135 cm³/mol. The zero-order valence-corrected chi connectivity index (χ0v) is 23.7. The fraction of sp³-hybridized carbons (Fsp3) is 0.733. The van der Waals surface area contributed by atoms with Gasteiger partial charge < -0.3 is 23.4 Å². The van der Waals surface area contributed by atoms with E-state index in [4.69, 9.17) is 23.4 Å². The number of hydrogen-bond acceptors (Lipinski definition) is 9. The molecule has 10 atom stereocenters. The van der Waals surface area contributed by atoms with E-state index in [-0.39, 0.29) is 24.0 Å². The highest BCUT2D eigenvalue weighted by molar-refractivity contribution is 5.93. The van der Waals surface area contributed by atoms with Gasteiger partial charge in [-0.05, 0) is 37.7 Å². The van der Waals surface area contributed by atoms with Crippen LogP contribution in [-0.4, -0.2) is 47.6 Å². The van der Waals surface area contributed by atoms with Crippen LogP contribution >= 0.6 is 0 Å². The number of ether oxygens (including phenoxy) is 4. The van der Waals surface area contributed by atoms with E-state index in [9.17, 15) is 19.2 Å². The zero-order chi connectivity index (χ0) is 28.3. The Labute approximate surface area is 228 Å². The van der Waals surface area contributed by atoms with Gasteiger partial charge in [-0.15, -0.1) is 0 Å². The molecule has 5 fully saturated rings. The summed E-state index contributed by atoms with van der Waals surface area (Å²) in [5.41, 5.74) is -3.19. The predicted octanol–water partition coefficient (Wildman–Crippen LogP) is 4.33. The average Bonchev–Trinajstić information content (AvgIpc) is 3.41. The quantitative estimate of drug-likeness (QED) is 0.312. The van der Waals surface area contributed by atoms with E-state index >= 15 is 0 Å². The van der Waals surface area contributed by atoms with Crippen LogP contribution in [-0.2, 0) is 38.1 Å². The fourth-order valence-electron chi connectivity index (χ4n) is 9.92. The first-order valence-electron chi connectivity index (χ1n) is 13.9. The van der Waals surface area contributed by atoms with Gasteiger partial charge in [0, 0.05) is 48.5 Å². The second-order valence-electron chi connectivity index (χ2n) is 13.6. The normalized spacial score (nSPS) is 47.5. The number of rotatable bonds is 3. The first-order chi connectivity index (χ1) is 18.2. The SMILES string of the molecule is CC(=O)O[C@H]1C[C@@H](OC(C)=O)C(C)(C)[C@@H]2CC(=O)[C@]3(C)[C@H](CC[C@@]4(C)[C@@H](c5ccoc5)OC(=O)[C@H]5O[C@]543)[C@@]12C. The van der Waals surface area contributed by atoms with E-state index in [2.05, 4.69) is 13.8 Å². The first kappa shape index (κ1) is 26.5. The minimum absolute atomic E-state index is 0.0298. The summed E-state index contributed by atoms with van der Waals surface area (Å²) in [4.78, 5) is 52.3. The summed E-state index contributed by atoms with van der Waals surface area (Å²) >= 11 is 0. The van der Waals surface area contributed by atoms with E-state index in [1.807, 2.05) is 20.8 Å². The van der Waals surface area contributed by atoms with Crippen LogP contribution in [0.25, 0.3) is 0 Å². The fourth-order valence-corrected chi connectivity index (χ4v) is 9.92. The summed E-state index contributed by atoms with van der Waals surface area (Å²) in [6, 6.07) is 1.80. The number of hydrogen-bond donors (Lipinski definition) is 0. The molecule has 0 unspecified atom stereocenters. The van der Waals surface area contributed by atoms with Crippen LogP contribution < -0.4 is 0 Å². The third-order valence-corrected chi connectivity index (χ3v) is 11.7. The van der Waals surface area contributed by atoms with Gasteiger partial charge in [0.25, 0.3) is 0 Å². The van der Waals surface area contributed by atoms with Crippen molar-refractivity contribution in [1.82, 2.24) is 0 Å². The van der Waals surface area contributed by atoms with E-state index in [1.54, 1.807) is 18.6 Å². The molecular weight excluding hydrogens is 504 g/mol. The molecular formula is C30H38O9. The summed E-state index contributed by atoms with van der Waals surface area (Å²) in [6.45, 7) is 13.0. The van der Waals surface area contributed by atoms with E-state index in [1.165, 1.54) is 13.8 Å². The molecule has 0 N–H and O–H groups in total. The Morgan fingerprint density at radius 3 is 2.23 bits per heavy atom. The molecule has 3 saturated carbocycles. The van der Waals surface area contributed by atoms with Crippen LogP contribution in [0, 0.1) is 33.5 Å². The topological polar surface area (TPSA) is 122 Å².